The summed E-state index contributed by atoms with van der Waals surface area (Å²) in [5.74, 6) is 1.10. The number of rotatable bonds is 10. The van der Waals surface area contributed by atoms with Gasteiger partial charge in [-0.05, 0) is 42.2 Å². The quantitative estimate of drug-likeness (QED) is 0.635. The Morgan fingerprint density at radius 3 is 2.86 bits per heavy atom. The predicted molar refractivity (Wildman–Crippen MR) is 110 cm³/mol. The van der Waals surface area contributed by atoms with Crippen LogP contribution in [0, 0.1) is 0 Å². The van der Waals surface area contributed by atoms with Gasteiger partial charge in [0.1, 0.15) is 13.2 Å². The molecule has 1 saturated heterocycles. The van der Waals surface area contributed by atoms with Crippen molar-refractivity contribution < 1.29 is 23.7 Å². The summed E-state index contributed by atoms with van der Waals surface area (Å²) in [5.41, 5.74) is 1.76. The van der Waals surface area contributed by atoms with Crippen LogP contribution < -0.4 is 14.8 Å². The first-order chi connectivity index (χ1) is 14.2. The van der Waals surface area contributed by atoms with E-state index in [9.17, 15) is 4.79 Å². The summed E-state index contributed by atoms with van der Waals surface area (Å²) in [6.07, 6.45) is 2.24. The zero-order valence-corrected chi connectivity index (χ0v) is 17.2. The smallest absolute Gasteiger partial charge is 0.246 e. The number of hydrogen-bond donors (Lipinski definition) is 1. The molecule has 156 valence electrons. The molecular formula is C22H26ClNO5. The van der Waals surface area contributed by atoms with Gasteiger partial charge in [-0.1, -0.05) is 35.9 Å². The standard InChI is InChI=1S/C22H26ClNO5/c1-26-21-11-16(8-9-20(21)29-14-18-6-4-10-28-18)12-24-22(25)15-27-13-17-5-2-3-7-19(17)23/h2-3,5,7-9,11,18H,4,6,10,12-15H2,1H3,(H,24,25). The number of carbonyl (C=O) groups excluding carboxylic acids is 1. The maximum atomic E-state index is 12.0. The molecule has 0 saturated carbocycles. The lowest BCUT2D eigenvalue weighted by Gasteiger charge is -2.15. The molecule has 0 bridgehead atoms. The Morgan fingerprint density at radius 1 is 1.24 bits per heavy atom. The van der Waals surface area contributed by atoms with Gasteiger partial charge in [0.25, 0.3) is 0 Å². The first-order valence-corrected chi connectivity index (χ1v) is 10.0. The van der Waals surface area contributed by atoms with Crippen molar-refractivity contribution >= 4 is 17.5 Å². The minimum atomic E-state index is -0.199. The van der Waals surface area contributed by atoms with Crippen LogP contribution in [0.4, 0.5) is 0 Å². The minimum Gasteiger partial charge on any atom is -0.493 e. The van der Waals surface area contributed by atoms with E-state index in [-0.39, 0.29) is 25.2 Å². The van der Waals surface area contributed by atoms with E-state index in [1.54, 1.807) is 13.2 Å². The van der Waals surface area contributed by atoms with Crippen LogP contribution in [-0.2, 0) is 27.4 Å². The van der Waals surface area contributed by atoms with Gasteiger partial charge in [-0.3, -0.25) is 4.79 Å². The molecule has 1 aliphatic rings. The van der Waals surface area contributed by atoms with Crippen molar-refractivity contribution in [2.24, 2.45) is 0 Å². The molecule has 6 nitrogen and oxygen atoms in total. The van der Waals surface area contributed by atoms with Crippen LogP contribution in [0.3, 0.4) is 0 Å². The van der Waals surface area contributed by atoms with Crippen molar-refractivity contribution in [3.05, 3.63) is 58.6 Å². The zero-order chi connectivity index (χ0) is 20.5. The number of halogens is 1. The Bertz CT molecular complexity index is 808. The summed E-state index contributed by atoms with van der Waals surface area (Å²) in [6, 6.07) is 13.0. The molecule has 1 amide bonds. The first-order valence-electron chi connectivity index (χ1n) is 9.65. The van der Waals surface area contributed by atoms with E-state index in [0.717, 1.165) is 30.6 Å². The predicted octanol–water partition coefficient (Wildman–Crippen LogP) is 3.74. The molecule has 0 aromatic heterocycles. The van der Waals surface area contributed by atoms with Crippen LogP contribution in [0.2, 0.25) is 5.02 Å². The summed E-state index contributed by atoms with van der Waals surface area (Å²) in [4.78, 5) is 12.0. The number of carbonyl (C=O) groups is 1. The molecule has 1 N–H and O–H groups in total. The molecule has 2 aromatic carbocycles. The second-order valence-electron chi connectivity index (χ2n) is 6.79. The van der Waals surface area contributed by atoms with Crippen molar-refractivity contribution in [2.45, 2.75) is 32.1 Å². The maximum Gasteiger partial charge on any atom is 0.246 e. The molecule has 1 heterocycles. The van der Waals surface area contributed by atoms with Gasteiger partial charge >= 0.3 is 0 Å². The normalized spacial score (nSPS) is 15.9. The van der Waals surface area contributed by atoms with Gasteiger partial charge in [0.15, 0.2) is 11.5 Å². The Labute approximate surface area is 176 Å². The molecule has 1 aliphatic heterocycles. The van der Waals surface area contributed by atoms with E-state index in [2.05, 4.69) is 5.32 Å². The third kappa shape index (κ3) is 6.63. The van der Waals surface area contributed by atoms with Crippen molar-refractivity contribution in [1.82, 2.24) is 5.32 Å². The topological polar surface area (TPSA) is 66.0 Å². The third-order valence-corrected chi connectivity index (χ3v) is 4.98. The molecule has 1 fully saturated rings. The SMILES string of the molecule is COc1cc(CNC(=O)COCc2ccccc2Cl)ccc1OCC1CCCO1. The maximum absolute atomic E-state index is 12.0. The molecular weight excluding hydrogens is 394 g/mol. The van der Waals surface area contributed by atoms with Crippen molar-refractivity contribution in [3.63, 3.8) is 0 Å². The highest BCUT2D eigenvalue weighted by molar-refractivity contribution is 6.31. The summed E-state index contributed by atoms with van der Waals surface area (Å²) in [7, 11) is 1.60. The van der Waals surface area contributed by atoms with E-state index in [4.69, 9.17) is 30.5 Å². The van der Waals surface area contributed by atoms with E-state index in [1.807, 2.05) is 36.4 Å². The number of hydrogen-bond acceptors (Lipinski definition) is 5. The van der Waals surface area contributed by atoms with E-state index in [1.165, 1.54) is 0 Å². The average Bonchev–Trinajstić information content (AvgIpc) is 3.26. The fourth-order valence-corrected chi connectivity index (χ4v) is 3.21. The Morgan fingerprint density at radius 2 is 2.10 bits per heavy atom. The van der Waals surface area contributed by atoms with Gasteiger partial charge in [0, 0.05) is 18.2 Å². The number of ether oxygens (including phenoxy) is 4. The summed E-state index contributed by atoms with van der Waals surface area (Å²) >= 11 is 6.07. The number of benzene rings is 2. The Kier molecular flexibility index (Phi) is 8.16. The fraction of sp³-hybridized carbons (Fsp3) is 0.409. The molecule has 1 atom stereocenters. The van der Waals surface area contributed by atoms with Crippen LogP contribution in [0.5, 0.6) is 11.5 Å². The summed E-state index contributed by atoms with van der Waals surface area (Å²) in [6.45, 7) is 1.93. The highest BCUT2D eigenvalue weighted by Gasteiger charge is 2.17. The highest BCUT2D eigenvalue weighted by atomic mass is 35.5. The van der Waals surface area contributed by atoms with Gasteiger partial charge in [0.2, 0.25) is 5.91 Å². The zero-order valence-electron chi connectivity index (χ0n) is 16.5. The minimum absolute atomic E-state index is 0.0368. The first kappa shape index (κ1) is 21.4. The largest absolute Gasteiger partial charge is 0.493 e. The number of nitrogens with one attached hydrogen (secondary N) is 1. The Hall–Kier alpha value is -2.28. The third-order valence-electron chi connectivity index (χ3n) is 4.61. The van der Waals surface area contributed by atoms with Crippen LogP contribution in [0.1, 0.15) is 24.0 Å². The lowest BCUT2D eigenvalue weighted by atomic mass is 10.2. The molecule has 3 rings (SSSR count). The second-order valence-corrected chi connectivity index (χ2v) is 7.20. The molecule has 0 spiro atoms. The monoisotopic (exact) mass is 419 g/mol. The lowest BCUT2D eigenvalue weighted by molar-refractivity contribution is -0.126. The lowest BCUT2D eigenvalue weighted by Crippen LogP contribution is -2.27. The van der Waals surface area contributed by atoms with Gasteiger partial charge in [-0.2, -0.15) is 0 Å². The van der Waals surface area contributed by atoms with E-state index < -0.39 is 0 Å². The molecule has 29 heavy (non-hydrogen) atoms. The van der Waals surface area contributed by atoms with Gasteiger partial charge < -0.3 is 24.3 Å². The number of methoxy groups -OCH3 is 1. The van der Waals surface area contributed by atoms with Gasteiger partial charge in [-0.15, -0.1) is 0 Å². The van der Waals surface area contributed by atoms with Gasteiger partial charge in [0.05, 0.1) is 19.8 Å². The van der Waals surface area contributed by atoms with Gasteiger partial charge in [-0.25, -0.2) is 0 Å². The molecule has 0 radical (unpaired) electrons. The van der Waals surface area contributed by atoms with Crippen molar-refractivity contribution in [3.8, 4) is 11.5 Å². The van der Waals surface area contributed by atoms with Crippen LogP contribution in [-0.4, -0.2) is 38.9 Å². The second kappa shape index (κ2) is 11.0. The number of amides is 1. The molecule has 7 heteroatoms. The highest BCUT2D eigenvalue weighted by Crippen LogP contribution is 2.29. The Balaban J connectivity index is 1.43. The fourth-order valence-electron chi connectivity index (χ4n) is 3.02. The van der Waals surface area contributed by atoms with Crippen molar-refractivity contribution in [2.75, 3.05) is 26.9 Å². The average molecular weight is 420 g/mol. The summed E-state index contributed by atoms with van der Waals surface area (Å²) in [5, 5.41) is 3.46. The molecule has 1 unspecified atom stereocenters. The summed E-state index contributed by atoms with van der Waals surface area (Å²) < 4.78 is 22.3. The molecule has 0 aliphatic carbocycles. The van der Waals surface area contributed by atoms with Crippen LogP contribution in [0.25, 0.3) is 0 Å². The van der Waals surface area contributed by atoms with E-state index in [0.29, 0.717) is 29.7 Å². The van der Waals surface area contributed by atoms with Crippen LogP contribution in [0.15, 0.2) is 42.5 Å². The van der Waals surface area contributed by atoms with Crippen LogP contribution >= 0.6 is 11.6 Å². The molecule has 2 aromatic rings. The van der Waals surface area contributed by atoms with Crippen molar-refractivity contribution in [1.29, 1.82) is 0 Å². The van der Waals surface area contributed by atoms with E-state index >= 15 is 0 Å².